The van der Waals surface area contributed by atoms with Gasteiger partial charge in [-0.1, -0.05) is 19.9 Å². The maximum atomic E-state index is 5.86. The van der Waals surface area contributed by atoms with Crippen LogP contribution in [0.3, 0.4) is 0 Å². The standard InChI is InChI=1S/C15H22N4OS/c1-4-20-9-14-17-12(16)8-13(18-14)19-15(10(2)3)11-6-5-7-21-11/h5-8,10,15H,4,9H2,1-3H3,(H3,16,17,18,19). The number of aromatic nitrogens is 2. The third kappa shape index (κ3) is 4.41. The average molecular weight is 306 g/mol. The van der Waals surface area contributed by atoms with E-state index in [1.165, 1.54) is 4.88 Å². The van der Waals surface area contributed by atoms with E-state index >= 15 is 0 Å². The highest BCUT2D eigenvalue weighted by molar-refractivity contribution is 7.10. The summed E-state index contributed by atoms with van der Waals surface area (Å²) in [7, 11) is 0. The summed E-state index contributed by atoms with van der Waals surface area (Å²) in [5, 5.41) is 5.55. The van der Waals surface area contributed by atoms with Gasteiger partial charge in [0.15, 0.2) is 5.82 Å². The van der Waals surface area contributed by atoms with Crippen LogP contribution in [0.1, 0.15) is 37.5 Å². The molecular weight excluding hydrogens is 284 g/mol. The van der Waals surface area contributed by atoms with Crippen molar-refractivity contribution < 1.29 is 4.74 Å². The van der Waals surface area contributed by atoms with Gasteiger partial charge in [-0.15, -0.1) is 11.3 Å². The van der Waals surface area contributed by atoms with Crippen LogP contribution in [0.5, 0.6) is 0 Å². The summed E-state index contributed by atoms with van der Waals surface area (Å²) in [5.74, 6) is 2.24. The third-order valence-electron chi connectivity index (χ3n) is 3.05. The number of hydrogen-bond acceptors (Lipinski definition) is 6. The second kappa shape index (κ2) is 7.38. The van der Waals surface area contributed by atoms with E-state index in [4.69, 9.17) is 10.5 Å². The van der Waals surface area contributed by atoms with E-state index < -0.39 is 0 Å². The maximum Gasteiger partial charge on any atom is 0.158 e. The molecule has 2 heterocycles. The van der Waals surface area contributed by atoms with Crippen molar-refractivity contribution in [1.29, 1.82) is 0 Å². The Morgan fingerprint density at radius 3 is 2.81 bits per heavy atom. The molecule has 0 aliphatic carbocycles. The molecule has 0 fully saturated rings. The summed E-state index contributed by atoms with van der Waals surface area (Å²) in [6, 6.07) is 6.16. The molecule has 2 rings (SSSR count). The van der Waals surface area contributed by atoms with Crippen LogP contribution in [0, 0.1) is 5.92 Å². The molecule has 1 unspecified atom stereocenters. The molecule has 21 heavy (non-hydrogen) atoms. The smallest absolute Gasteiger partial charge is 0.158 e. The Bertz CT molecular complexity index is 557. The van der Waals surface area contributed by atoms with Gasteiger partial charge in [0.2, 0.25) is 0 Å². The minimum absolute atomic E-state index is 0.208. The van der Waals surface area contributed by atoms with Crippen molar-refractivity contribution in [1.82, 2.24) is 9.97 Å². The lowest BCUT2D eigenvalue weighted by molar-refractivity contribution is 0.128. The zero-order valence-corrected chi connectivity index (χ0v) is 13.5. The van der Waals surface area contributed by atoms with Crippen molar-refractivity contribution >= 4 is 23.0 Å². The summed E-state index contributed by atoms with van der Waals surface area (Å²) in [5.41, 5.74) is 5.86. The van der Waals surface area contributed by atoms with Crippen LogP contribution in [0.15, 0.2) is 23.6 Å². The summed E-state index contributed by atoms with van der Waals surface area (Å²) < 4.78 is 5.35. The summed E-state index contributed by atoms with van der Waals surface area (Å²) in [6.07, 6.45) is 0. The largest absolute Gasteiger partial charge is 0.384 e. The molecule has 0 amide bonds. The van der Waals surface area contributed by atoms with Crippen molar-refractivity contribution in [2.45, 2.75) is 33.4 Å². The molecule has 3 N–H and O–H groups in total. The summed E-state index contributed by atoms with van der Waals surface area (Å²) in [4.78, 5) is 9.96. The Morgan fingerprint density at radius 1 is 1.38 bits per heavy atom. The van der Waals surface area contributed by atoms with Crippen molar-refractivity contribution in [3.8, 4) is 0 Å². The fourth-order valence-electron chi connectivity index (χ4n) is 2.04. The molecule has 0 saturated heterocycles. The highest BCUT2D eigenvalue weighted by atomic mass is 32.1. The van der Waals surface area contributed by atoms with Gasteiger partial charge in [0.1, 0.15) is 18.2 Å². The van der Waals surface area contributed by atoms with Crippen molar-refractivity contribution in [2.75, 3.05) is 17.7 Å². The van der Waals surface area contributed by atoms with Crippen LogP contribution in [0.4, 0.5) is 11.6 Å². The average Bonchev–Trinajstić information content (AvgIpc) is 2.95. The van der Waals surface area contributed by atoms with Crippen LogP contribution in [0.25, 0.3) is 0 Å². The fraction of sp³-hybridized carbons (Fsp3) is 0.467. The number of ether oxygens (including phenoxy) is 1. The number of thiophene rings is 1. The molecule has 2 aromatic heterocycles. The first-order valence-corrected chi connectivity index (χ1v) is 7.99. The number of nitrogens with zero attached hydrogens (tertiary/aromatic N) is 2. The zero-order chi connectivity index (χ0) is 15.2. The minimum atomic E-state index is 0.208. The van der Waals surface area contributed by atoms with Gasteiger partial charge in [-0.05, 0) is 24.3 Å². The zero-order valence-electron chi connectivity index (χ0n) is 12.7. The Balaban J connectivity index is 2.18. The SMILES string of the molecule is CCOCc1nc(N)cc(NC(c2cccs2)C(C)C)n1. The topological polar surface area (TPSA) is 73.1 Å². The normalized spacial score (nSPS) is 12.6. The quantitative estimate of drug-likeness (QED) is 0.819. The lowest BCUT2D eigenvalue weighted by Crippen LogP contribution is -2.17. The molecule has 1 atom stereocenters. The van der Waals surface area contributed by atoms with Crippen molar-refractivity contribution in [2.24, 2.45) is 5.92 Å². The van der Waals surface area contributed by atoms with E-state index in [9.17, 15) is 0 Å². The Labute approximate surface area is 129 Å². The molecule has 0 aliphatic heterocycles. The molecule has 0 bridgehead atoms. The van der Waals surface area contributed by atoms with Crippen molar-refractivity contribution in [3.63, 3.8) is 0 Å². The number of hydrogen-bond donors (Lipinski definition) is 2. The number of nitrogen functional groups attached to an aromatic ring is 1. The first kappa shape index (κ1) is 15.7. The monoisotopic (exact) mass is 306 g/mol. The highest BCUT2D eigenvalue weighted by Crippen LogP contribution is 2.29. The molecule has 0 aromatic carbocycles. The molecule has 0 aliphatic rings. The maximum absolute atomic E-state index is 5.86. The van der Waals surface area contributed by atoms with E-state index in [2.05, 4.69) is 46.6 Å². The molecule has 0 saturated carbocycles. The van der Waals surface area contributed by atoms with Crippen LogP contribution >= 0.6 is 11.3 Å². The van der Waals surface area contributed by atoms with Crippen molar-refractivity contribution in [3.05, 3.63) is 34.3 Å². The summed E-state index contributed by atoms with van der Waals surface area (Å²) in [6.45, 7) is 7.31. The third-order valence-corrected chi connectivity index (χ3v) is 4.00. The number of anilines is 2. The van der Waals surface area contributed by atoms with Crippen LogP contribution in [-0.2, 0) is 11.3 Å². The number of rotatable bonds is 7. The molecule has 5 nitrogen and oxygen atoms in total. The first-order valence-electron chi connectivity index (χ1n) is 7.11. The van der Waals surface area contributed by atoms with Gasteiger partial charge in [-0.2, -0.15) is 0 Å². The van der Waals surface area contributed by atoms with E-state index in [0.717, 1.165) is 5.82 Å². The Kier molecular flexibility index (Phi) is 5.52. The van der Waals surface area contributed by atoms with E-state index in [-0.39, 0.29) is 6.04 Å². The minimum Gasteiger partial charge on any atom is -0.384 e. The lowest BCUT2D eigenvalue weighted by atomic mass is 10.0. The molecule has 6 heteroatoms. The van der Waals surface area contributed by atoms with Gasteiger partial charge < -0.3 is 15.8 Å². The van der Waals surface area contributed by atoms with Gasteiger partial charge in [0.05, 0.1) is 6.04 Å². The van der Waals surface area contributed by atoms with Gasteiger partial charge in [-0.25, -0.2) is 9.97 Å². The van der Waals surface area contributed by atoms with Gasteiger partial charge in [0.25, 0.3) is 0 Å². The second-order valence-electron chi connectivity index (χ2n) is 5.11. The van der Waals surface area contributed by atoms with E-state index in [1.54, 1.807) is 17.4 Å². The molecule has 0 spiro atoms. The predicted octanol–water partition coefficient (Wildman–Crippen LogP) is 3.47. The fourth-order valence-corrected chi connectivity index (χ4v) is 2.99. The van der Waals surface area contributed by atoms with E-state index in [0.29, 0.717) is 30.8 Å². The van der Waals surface area contributed by atoms with Crippen LogP contribution < -0.4 is 11.1 Å². The first-order chi connectivity index (χ1) is 10.1. The Morgan fingerprint density at radius 2 is 2.19 bits per heavy atom. The highest BCUT2D eigenvalue weighted by Gasteiger charge is 2.17. The summed E-state index contributed by atoms with van der Waals surface area (Å²) >= 11 is 1.74. The predicted molar refractivity (Wildman–Crippen MR) is 87.3 cm³/mol. The molecule has 2 aromatic rings. The molecule has 0 radical (unpaired) electrons. The lowest BCUT2D eigenvalue weighted by Gasteiger charge is -2.22. The second-order valence-corrected chi connectivity index (χ2v) is 6.09. The van der Waals surface area contributed by atoms with Gasteiger partial charge >= 0.3 is 0 Å². The van der Waals surface area contributed by atoms with Gasteiger partial charge in [-0.3, -0.25) is 0 Å². The van der Waals surface area contributed by atoms with Gasteiger partial charge in [0, 0.05) is 17.6 Å². The Hall–Kier alpha value is -1.66. The molecular formula is C15H22N4OS. The number of nitrogens with one attached hydrogen (secondary N) is 1. The van der Waals surface area contributed by atoms with Crippen LogP contribution in [0.2, 0.25) is 0 Å². The number of nitrogens with two attached hydrogens (primary N) is 1. The van der Waals surface area contributed by atoms with Crippen LogP contribution in [-0.4, -0.2) is 16.6 Å². The molecule has 114 valence electrons. The van der Waals surface area contributed by atoms with E-state index in [1.807, 2.05) is 6.92 Å².